The first-order valence-corrected chi connectivity index (χ1v) is 11.7. The summed E-state index contributed by atoms with van der Waals surface area (Å²) in [5, 5.41) is 8.87. The van der Waals surface area contributed by atoms with Crippen LogP contribution in [-0.2, 0) is 6.42 Å². The molecule has 0 aliphatic carbocycles. The summed E-state index contributed by atoms with van der Waals surface area (Å²) in [6, 6.07) is 5.82. The van der Waals surface area contributed by atoms with E-state index in [1.807, 2.05) is 0 Å². The molecule has 1 N–H and O–H groups in total. The molecular formula is C24H26ClFN6O2. The third-order valence-electron chi connectivity index (χ3n) is 6.46. The van der Waals surface area contributed by atoms with E-state index in [0.29, 0.717) is 27.6 Å². The molecule has 0 saturated carbocycles. The molecule has 0 unspecified atom stereocenters. The standard InChI is InChI=1S/C24H26ClFN6O2/c1-24(2,3)31-8-6-14(7-9-31)19-12-21(33)29-22-17(13-27-32(19)22)23-28-20(30-34-23)10-15-4-5-16(26)11-18(15)25/h4-5,11-14H,6-10H2,1-3H3,(H,29,33). The number of rotatable bonds is 4. The predicted octanol–water partition coefficient (Wildman–Crippen LogP) is 4.43. The third-order valence-corrected chi connectivity index (χ3v) is 6.81. The van der Waals surface area contributed by atoms with Gasteiger partial charge in [0.15, 0.2) is 5.82 Å². The van der Waals surface area contributed by atoms with Crippen LogP contribution in [0.4, 0.5) is 4.39 Å². The molecule has 4 aromatic rings. The maximum Gasteiger partial charge on any atom is 0.263 e. The minimum absolute atomic E-state index is 0.126. The molecule has 5 rings (SSSR count). The molecule has 8 nitrogen and oxygen atoms in total. The fourth-order valence-electron chi connectivity index (χ4n) is 4.58. The van der Waals surface area contributed by atoms with E-state index in [0.717, 1.165) is 31.6 Å². The van der Waals surface area contributed by atoms with Gasteiger partial charge < -0.3 is 9.51 Å². The number of hydrogen-bond donors (Lipinski definition) is 1. The van der Waals surface area contributed by atoms with Gasteiger partial charge in [0, 0.05) is 29.0 Å². The number of fused-ring (bicyclic) bond motifs is 1. The van der Waals surface area contributed by atoms with Crippen molar-refractivity contribution in [1.29, 1.82) is 0 Å². The van der Waals surface area contributed by atoms with Crippen molar-refractivity contribution in [1.82, 2.24) is 29.6 Å². The van der Waals surface area contributed by atoms with Crippen molar-refractivity contribution in [3.8, 4) is 11.5 Å². The van der Waals surface area contributed by atoms with Gasteiger partial charge in [-0.05, 0) is 64.4 Å². The van der Waals surface area contributed by atoms with Crippen molar-refractivity contribution in [3.05, 3.63) is 68.7 Å². The van der Waals surface area contributed by atoms with Crippen LogP contribution in [0.3, 0.4) is 0 Å². The summed E-state index contributed by atoms with van der Waals surface area (Å²) in [5.41, 5.74) is 2.58. The van der Waals surface area contributed by atoms with Gasteiger partial charge in [-0.2, -0.15) is 10.1 Å². The second-order valence-corrected chi connectivity index (χ2v) is 10.1. The number of likely N-dealkylation sites (tertiary alicyclic amines) is 1. The Labute approximate surface area is 200 Å². The molecular weight excluding hydrogens is 459 g/mol. The van der Waals surface area contributed by atoms with Gasteiger partial charge in [0.05, 0.1) is 11.9 Å². The van der Waals surface area contributed by atoms with E-state index in [9.17, 15) is 9.18 Å². The zero-order chi connectivity index (χ0) is 24.0. The number of nitrogens with one attached hydrogen (secondary N) is 1. The van der Waals surface area contributed by atoms with Crippen LogP contribution in [-0.4, -0.2) is 48.3 Å². The van der Waals surface area contributed by atoms with E-state index >= 15 is 0 Å². The van der Waals surface area contributed by atoms with E-state index in [4.69, 9.17) is 16.1 Å². The quantitative estimate of drug-likeness (QED) is 0.460. The largest absolute Gasteiger partial charge is 0.334 e. The molecule has 0 bridgehead atoms. The zero-order valence-corrected chi connectivity index (χ0v) is 20.1. The fourth-order valence-corrected chi connectivity index (χ4v) is 4.81. The van der Waals surface area contributed by atoms with E-state index in [1.165, 1.54) is 12.1 Å². The summed E-state index contributed by atoms with van der Waals surface area (Å²) in [4.78, 5) is 22.3. The normalized spacial score (nSPS) is 15.9. The third kappa shape index (κ3) is 4.37. The minimum Gasteiger partial charge on any atom is -0.334 e. The average Bonchev–Trinajstić information content (AvgIpc) is 3.41. The molecule has 4 heterocycles. The number of benzene rings is 1. The predicted molar refractivity (Wildman–Crippen MR) is 127 cm³/mol. The SMILES string of the molecule is CC(C)(C)N1CCC(c2cc(=O)[nH]c3c(-c4nc(Cc5ccc(F)cc5Cl)no4)cnn23)CC1. The lowest BCUT2D eigenvalue weighted by Crippen LogP contribution is -2.46. The summed E-state index contributed by atoms with van der Waals surface area (Å²) < 4.78 is 20.6. The number of hydrogen-bond acceptors (Lipinski definition) is 6. The summed E-state index contributed by atoms with van der Waals surface area (Å²) >= 11 is 6.12. The summed E-state index contributed by atoms with van der Waals surface area (Å²) in [7, 11) is 0. The Balaban J connectivity index is 1.43. The monoisotopic (exact) mass is 484 g/mol. The Hall–Kier alpha value is -3.04. The van der Waals surface area contributed by atoms with Crippen molar-refractivity contribution < 1.29 is 8.91 Å². The molecule has 1 aromatic carbocycles. The highest BCUT2D eigenvalue weighted by Gasteiger charge is 2.29. The number of nitrogens with zero attached hydrogens (tertiary/aromatic N) is 5. The maximum absolute atomic E-state index is 13.3. The van der Waals surface area contributed by atoms with E-state index in [1.54, 1.807) is 22.8 Å². The molecule has 1 aliphatic heterocycles. The first-order chi connectivity index (χ1) is 16.2. The Morgan fingerprint density at radius 1 is 1.24 bits per heavy atom. The van der Waals surface area contributed by atoms with Gasteiger partial charge in [0.25, 0.3) is 11.4 Å². The van der Waals surface area contributed by atoms with Gasteiger partial charge in [-0.15, -0.1) is 0 Å². The first-order valence-electron chi connectivity index (χ1n) is 11.3. The Morgan fingerprint density at radius 3 is 2.71 bits per heavy atom. The van der Waals surface area contributed by atoms with Gasteiger partial charge in [-0.25, -0.2) is 8.91 Å². The average molecular weight is 485 g/mol. The van der Waals surface area contributed by atoms with Crippen molar-refractivity contribution in [3.63, 3.8) is 0 Å². The highest BCUT2D eigenvalue weighted by atomic mass is 35.5. The molecule has 178 valence electrons. The highest BCUT2D eigenvalue weighted by molar-refractivity contribution is 6.31. The zero-order valence-electron chi connectivity index (χ0n) is 19.3. The molecule has 34 heavy (non-hydrogen) atoms. The number of aromatic nitrogens is 5. The number of aromatic amines is 1. The first kappa shape index (κ1) is 22.7. The van der Waals surface area contributed by atoms with Crippen LogP contribution < -0.4 is 5.56 Å². The lowest BCUT2D eigenvalue weighted by molar-refractivity contribution is 0.101. The van der Waals surface area contributed by atoms with Crippen molar-refractivity contribution >= 4 is 17.2 Å². The Kier molecular flexibility index (Phi) is 5.77. The maximum atomic E-state index is 13.3. The van der Waals surface area contributed by atoms with Crippen LogP contribution >= 0.6 is 11.6 Å². The lowest BCUT2D eigenvalue weighted by atomic mass is 9.90. The highest BCUT2D eigenvalue weighted by Crippen LogP contribution is 2.32. The summed E-state index contributed by atoms with van der Waals surface area (Å²) in [6.45, 7) is 8.61. The van der Waals surface area contributed by atoms with Crippen molar-refractivity contribution in [2.45, 2.75) is 51.5 Å². The molecule has 1 fully saturated rings. The van der Waals surface area contributed by atoms with Crippen molar-refractivity contribution in [2.75, 3.05) is 13.1 Å². The minimum atomic E-state index is -0.405. The molecule has 3 aromatic heterocycles. The van der Waals surface area contributed by atoms with Gasteiger partial charge >= 0.3 is 0 Å². The number of halogens is 2. The molecule has 10 heteroatoms. The van der Waals surface area contributed by atoms with Crippen LogP contribution in [0.25, 0.3) is 17.1 Å². The second kappa shape index (κ2) is 8.63. The molecule has 1 aliphatic rings. The molecule has 1 saturated heterocycles. The smallest absolute Gasteiger partial charge is 0.263 e. The summed E-state index contributed by atoms with van der Waals surface area (Å²) in [6.07, 6.45) is 3.82. The van der Waals surface area contributed by atoms with Gasteiger partial charge in [-0.3, -0.25) is 9.69 Å². The van der Waals surface area contributed by atoms with Crippen molar-refractivity contribution in [2.24, 2.45) is 0 Å². The molecule has 0 spiro atoms. The number of piperidine rings is 1. The summed E-state index contributed by atoms with van der Waals surface area (Å²) in [5.74, 6) is 0.474. The van der Waals surface area contributed by atoms with Crippen LogP contribution in [0, 0.1) is 5.82 Å². The van der Waals surface area contributed by atoms with E-state index in [2.05, 4.69) is 45.9 Å². The van der Waals surface area contributed by atoms with E-state index < -0.39 is 5.82 Å². The topological polar surface area (TPSA) is 92.3 Å². The second-order valence-electron chi connectivity index (χ2n) is 9.74. The van der Waals surface area contributed by atoms with E-state index in [-0.39, 0.29) is 29.3 Å². The van der Waals surface area contributed by atoms with Crippen LogP contribution in [0.5, 0.6) is 0 Å². The fraction of sp³-hybridized carbons (Fsp3) is 0.417. The van der Waals surface area contributed by atoms with Crippen LogP contribution in [0.2, 0.25) is 5.02 Å². The van der Waals surface area contributed by atoms with Crippen LogP contribution in [0.15, 0.2) is 39.8 Å². The molecule has 0 atom stereocenters. The van der Waals surface area contributed by atoms with Gasteiger partial charge in [0.1, 0.15) is 17.0 Å². The number of H-pyrrole nitrogens is 1. The van der Waals surface area contributed by atoms with Crippen LogP contribution in [0.1, 0.15) is 56.6 Å². The van der Waals surface area contributed by atoms with Gasteiger partial charge in [0.2, 0.25) is 0 Å². The van der Waals surface area contributed by atoms with Gasteiger partial charge in [-0.1, -0.05) is 22.8 Å². The molecule has 0 amide bonds. The Bertz CT molecular complexity index is 1390. The molecule has 0 radical (unpaired) electrons. The Morgan fingerprint density at radius 2 is 2.00 bits per heavy atom. The lowest BCUT2D eigenvalue weighted by Gasteiger charge is -2.40.